The van der Waals surface area contributed by atoms with Gasteiger partial charge in [0.15, 0.2) is 11.2 Å². The standard InChI is InChI=1S/C20H16N4O5S2/c1-2-18-22-23-20(30-18)24-31(27,28)13-9-7-12(8-10-13)21-19(26)17-11-15(25)14-5-3-4-6-16(14)29-17/h3-11H,2H2,1H3,(H,21,26)(H,23,24). The maximum atomic E-state index is 12.5. The van der Waals surface area contributed by atoms with Gasteiger partial charge in [0, 0.05) is 11.8 Å². The van der Waals surface area contributed by atoms with E-state index < -0.39 is 15.9 Å². The first-order chi connectivity index (χ1) is 14.9. The second-order valence-electron chi connectivity index (χ2n) is 6.41. The maximum absolute atomic E-state index is 12.5. The molecule has 0 saturated carbocycles. The summed E-state index contributed by atoms with van der Waals surface area (Å²) < 4.78 is 32.9. The summed E-state index contributed by atoms with van der Waals surface area (Å²) in [5.41, 5.74) is 0.307. The highest BCUT2D eigenvalue weighted by Crippen LogP contribution is 2.22. The number of sulfonamides is 1. The number of nitrogens with one attached hydrogen (secondary N) is 2. The number of aromatic nitrogens is 2. The Labute approximate surface area is 180 Å². The quantitative estimate of drug-likeness (QED) is 0.455. The summed E-state index contributed by atoms with van der Waals surface area (Å²) in [6.07, 6.45) is 0.658. The fraction of sp³-hybridized carbons (Fsp3) is 0.100. The van der Waals surface area contributed by atoms with Gasteiger partial charge in [-0.1, -0.05) is 30.4 Å². The fourth-order valence-corrected chi connectivity index (χ4v) is 4.65. The van der Waals surface area contributed by atoms with Crippen molar-refractivity contribution in [3.8, 4) is 0 Å². The van der Waals surface area contributed by atoms with E-state index >= 15 is 0 Å². The summed E-state index contributed by atoms with van der Waals surface area (Å²) in [4.78, 5) is 24.6. The highest BCUT2D eigenvalue weighted by atomic mass is 32.2. The lowest BCUT2D eigenvalue weighted by atomic mass is 10.2. The summed E-state index contributed by atoms with van der Waals surface area (Å²) in [5, 5.41) is 11.5. The highest BCUT2D eigenvalue weighted by Gasteiger charge is 2.18. The van der Waals surface area contributed by atoms with E-state index in [1.165, 1.54) is 24.3 Å². The Bertz CT molecular complexity index is 1430. The van der Waals surface area contributed by atoms with Gasteiger partial charge in [-0.25, -0.2) is 8.42 Å². The molecule has 2 aromatic carbocycles. The zero-order valence-corrected chi connectivity index (χ0v) is 17.8. The number of aryl methyl sites for hydroxylation is 1. The van der Waals surface area contributed by atoms with Gasteiger partial charge in [-0.05, 0) is 42.8 Å². The van der Waals surface area contributed by atoms with E-state index in [-0.39, 0.29) is 21.2 Å². The molecule has 0 fully saturated rings. The number of carbonyl (C=O) groups excluding carboxylic acids is 1. The Morgan fingerprint density at radius 1 is 1.10 bits per heavy atom. The molecule has 0 unspecified atom stereocenters. The molecule has 9 nitrogen and oxygen atoms in total. The van der Waals surface area contributed by atoms with Crippen LogP contribution in [-0.2, 0) is 16.4 Å². The zero-order chi connectivity index (χ0) is 22.0. The molecule has 0 atom stereocenters. The van der Waals surface area contributed by atoms with Crippen molar-refractivity contribution in [1.82, 2.24) is 10.2 Å². The number of rotatable bonds is 6. The number of amides is 1. The molecule has 158 valence electrons. The van der Waals surface area contributed by atoms with Gasteiger partial charge in [-0.15, -0.1) is 10.2 Å². The largest absolute Gasteiger partial charge is 0.451 e. The topological polar surface area (TPSA) is 131 Å². The first kappa shape index (κ1) is 20.7. The van der Waals surface area contributed by atoms with Crippen LogP contribution in [-0.4, -0.2) is 24.5 Å². The molecule has 2 aromatic heterocycles. The van der Waals surface area contributed by atoms with Crippen LogP contribution in [0.4, 0.5) is 10.8 Å². The Morgan fingerprint density at radius 2 is 1.84 bits per heavy atom. The monoisotopic (exact) mass is 456 g/mol. The first-order valence-electron chi connectivity index (χ1n) is 9.15. The zero-order valence-electron chi connectivity index (χ0n) is 16.2. The van der Waals surface area contributed by atoms with Crippen LogP contribution in [0.5, 0.6) is 0 Å². The molecule has 11 heteroatoms. The molecule has 0 aliphatic carbocycles. The van der Waals surface area contributed by atoms with Crippen molar-refractivity contribution >= 4 is 49.1 Å². The Balaban J connectivity index is 1.50. The Hall–Kier alpha value is -3.57. The molecular formula is C20H16N4O5S2. The summed E-state index contributed by atoms with van der Waals surface area (Å²) in [6.45, 7) is 1.90. The van der Waals surface area contributed by atoms with Crippen molar-refractivity contribution in [3.05, 3.63) is 75.6 Å². The predicted molar refractivity (Wildman–Crippen MR) is 117 cm³/mol. The van der Waals surface area contributed by atoms with Crippen molar-refractivity contribution < 1.29 is 17.6 Å². The van der Waals surface area contributed by atoms with Crippen LogP contribution in [0.15, 0.2) is 68.7 Å². The molecule has 0 radical (unpaired) electrons. The minimum absolute atomic E-state index is 0.00372. The van der Waals surface area contributed by atoms with Gasteiger partial charge in [0.2, 0.25) is 5.13 Å². The number of hydrogen-bond donors (Lipinski definition) is 2. The third-order valence-corrected chi connectivity index (χ3v) is 6.74. The lowest BCUT2D eigenvalue weighted by Crippen LogP contribution is -2.15. The summed E-state index contributed by atoms with van der Waals surface area (Å²) in [5.74, 6) is -0.775. The van der Waals surface area contributed by atoms with Gasteiger partial charge in [-0.3, -0.25) is 14.3 Å². The van der Waals surface area contributed by atoms with E-state index in [1.54, 1.807) is 24.3 Å². The first-order valence-corrected chi connectivity index (χ1v) is 11.4. The Kier molecular flexibility index (Phi) is 5.53. The number of carbonyl (C=O) groups is 1. The van der Waals surface area contributed by atoms with Gasteiger partial charge in [0.25, 0.3) is 15.9 Å². The molecule has 0 spiro atoms. The van der Waals surface area contributed by atoms with Gasteiger partial charge < -0.3 is 9.73 Å². The predicted octanol–water partition coefficient (Wildman–Crippen LogP) is 3.26. The highest BCUT2D eigenvalue weighted by molar-refractivity contribution is 7.93. The molecule has 0 aliphatic heterocycles. The molecule has 4 rings (SSSR count). The average Bonchev–Trinajstić information content (AvgIpc) is 3.21. The van der Waals surface area contributed by atoms with Crippen LogP contribution in [0, 0.1) is 0 Å². The van der Waals surface area contributed by atoms with E-state index in [1.807, 2.05) is 6.92 Å². The van der Waals surface area contributed by atoms with Crippen LogP contribution < -0.4 is 15.5 Å². The third-order valence-electron chi connectivity index (χ3n) is 4.27. The minimum Gasteiger partial charge on any atom is -0.451 e. The number of hydrogen-bond acceptors (Lipinski definition) is 8. The van der Waals surface area contributed by atoms with Crippen LogP contribution in [0.3, 0.4) is 0 Å². The number of nitrogens with zero attached hydrogens (tertiary/aromatic N) is 2. The maximum Gasteiger partial charge on any atom is 0.291 e. The second kappa shape index (κ2) is 8.28. The molecule has 1 amide bonds. The number of para-hydroxylation sites is 1. The molecule has 0 aliphatic rings. The third kappa shape index (κ3) is 4.47. The van der Waals surface area contributed by atoms with Gasteiger partial charge >= 0.3 is 0 Å². The Morgan fingerprint density at radius 3 is 2.55 bits per heavy atom. The number of fused-ring (bicyclic) bond motifs is 1. The number of benzene rings is 2. The van der Waals surface area contributed by atoms with Crippen LogP contribution in [0.2, 0.25) is 0 Å². The molecule has 0 saturated heterocycles. The summed E-state index contributed by atoms with van der Waals surface area (Å²) in [6, 6.07) is 13.3. The van der Waals surface area contributed by atoms with Crippen LogP contribution >= 0.6 is 11.3 Å². The normalized spacial score (nSPS) is 11.4. The molecule has 2 N–H and O–H groups in total. The van der Waals surface area contributed by atoms with Crippen molar-refractivity contribution in [2.75, 3.05) is 10.0 Å². The number of anilines is 2. The van der Waals surface area contributed by atoms with Crippen molar-refractivity contribution in [2.45, 2.75) is 18.2 Å². The SMILES string of the molecule is CCc1nnc(NS(=O)(=O)c2ccc(NC(=O)c3cc(=O)c4ccccc4o3)cc2)s1. The fourth-order valence-electron chi connectivity index (χ4n) is 2.74. The summed E-state index contributed by atoms with van der Waals surface area (Å²) in [7, 11) is -3.85. The lowest BCUT2D eigenvalue weighted by Gasteiger charge is -2.08. The van der Waals surface area contributed by atoms with E-state index in [4.69, 9.17) is 4.42 Å². The molecular weight excluding hydrogens is 440 g/mol. The van der Waals surface area contributed by atoms with E-state index in [2.05, 4.69) is 20.2 Å². The van der Waals surface area contributed by atoms with Crippen molar-refractivity contribution in [1.29, 1.82) is 0 Å². The summed E-state index contributed by atoms with van der Waals surface area (Å²) >= 11 is 1.16. The van der Waals surface area contributed by atoms with E-state index in [0.717, 1.165) is 22.4 Å². The minimum atomic E-state index is -3.85. The smallest absolute Gasteiger partial charge is 0.291 e. The molecule has 31 heavy (non-hydrogen) atoms. The average molecular weight is 457 g/mol. The molecule has 2 heterocycles. The van der Waals surface area contributed by atoms with Crippen LogP contribution in [0.25, 0.3) is 11.0 Å². The lowest BCUT2D eigenvalue weighted by molar-refractivity contribution is 0.0997. The molecule has 0 bridgehead atoms. The molecule has 4 aromatic rings. The van der Waals surface area contributed by atoms with Gasteiger partial charge in [-0.2, -0.15) is 0 Å². The van der Waals surface area contributed by atoms with Crippen molar-refractivity contribution in [3.63, 3.8) is 0 Å². The van der Waals surface area contributed by atoms with E-state index in [9.17, 15) is 18.0 Å². The van der Waals surface area contributed by atoms with Gasteiger partial charge in [0.1, 0.15) is 10.6 Å². The van der Waals surface area contributed by atoms with Crippen LogP contribution in [0.1, 0.15) is 22.5 Å². The van der Waals surface area contributed by atoms with Gasteiger partial charge in [0.05, 0.1) is 10.3 Å². The second-order valence-corrected chi connectivity index (χ2v) is 9.15. The van der Waals surface area contributed by atoms with Crippen molar-refractivity contribution in [2.24, 2.45) is 0 Å². The van der Waals surface area contributed by atoms with E-state index in [0.29, 0.717) is 23.1 Å².